The van der Waals surface area contributed by atoms with Crippen molar-refractivity contribution in [1.29, 1.82) is 0 Å². The third-order valence-electron chi connectivity index (χ3n) is 6.13. The summed E-state index contributed by atoms with van der Waals surface area (Å²) < 4.78 is 35.6. The highest BCUT2D eigenvalue weighted by atomic mass is 79.9. The van der Waals surface area contributed by atoms with Crippen LogP contribution in [0.3, 0.4) is 0 Å². The van der Waals surface area contributed by atoms with Gasteiger partial charge in [-0.05, 0) is 60.6 Å². The first-order chi connectivity index (χ1) is 16.4. The number of piperazine rings is 1. The lowest BCUT2D eigenvalue weighted by atomic mass is 10.1. The van der Waals surface area contributed by atoms with Crippen molar-refractivity contribution in [2.24, 2.45) is 0 Å². The minimum atomic E-state index is -0.604. The van der Waals surface area contributed by atoms with E-state index in [1.807, 2.05) is 19.1 Å². The lowest BCUT2D eigenvalue weighted by Gasteiger charge is -2.34. The second-order valence-corrected chi connectivity index (χ2v) is 9.43. The van der Waals surface area contributed by atoms with Crippen molar-refractivity contribution >= 4 is 39.2 Å². The van der Waals surface area contributed by atoms with Gasteiger partial charge in [-0.1, -0.05) is 11.6 Å². The number of rotatable bonds is 5. The summed E-state index contributed by atoms with van der Waals surface area (Å²) in [5.41, 5.74) is 3.49. The maximum atomic E-state index is 15.0. The van der Waals surface area contributed by atoms with Gasteiger partial charge in [-0.15, -0.1) is 0 Å². The lowest BCUT2D eigenvalue weighted by Crippen LogP contribution is -2.44. The van der Waals surface area contributed by atoms with Crippen LogP contribution in [-0.2, 0) is 6.42 Å². The Kier molecular flexibility index (Phi) is 6.22. The number of ether oxygens (including phenoxy) is 1. The fourth-order valence-electron chi connectivity index (χ4n) is 4.21. The quantitative estimate of drug-likeness (QED) is 0.455. The first-order valence-electron chi connectivity index (χ1n) is 11.1. The van der Waals surface area contributed by atoms with E-state index in [1.165, 1.54) is 12.0 Å². The maximum absolute atomic E-state index is 15.0. The number of hydrogen-bond donors (Lipinski definition) is 1. The van der Waals surface area contributed by atoms with Crippen LogP contribution >= 0.6 is 15.9 Å². The third-order valence-corrected chi connectivity index (χ3v) is 6.85. The topological polar surface area (TPSA) is 53.5 Å². The minimum Gasteiger partial charge on any atom is -0.434 e. The monoisotopic (exact) mass is 527 g/mol. The normalized spacial score (nSPS) is 15.8. The first-order valence-corrected chi connectivity index (χ1v) is 11.9. The van der Waals surface area contributed by atoms with Crippen LogP contribution in [0.2, 0.25) is 0 Å². The van der Waals surface area contributed by atoms with Crippen molar-refractivity contribution < 1.29 is 13.5 Å². The van der Waals surface area contributed by atoms with Gasteiger partial charge in [-0.25, -0.2) is 18.7 Å². The Balaban J connectivity index is 1.34. The Bertz CT molecular complexity index is 1260. The number of nitrogens with one attached hydrogen (secondary N) is 1. The van der Waals surface area contributed by atoms with Crippen LogP contribution in [0, 0.1) is 11.6 Å². The van der Waals surface area contributed by atoms with Crippen molar-refractivity contribution in [2.75, 3.05) is 43.4 Å². The van der Waals surface area contributed by atoms with Gasteiger partial charge in [0.1, 0.15) is 16.6 Å². The molecule has 1 fully saturated rings. The van der Waals surface area contributed by atoms with Gasteiger partial charge in [0.05, 0.1) is 0 Å². The van der Waals surface area contributed by atoms with Crippen LogP contribution in [0.15, 0.2) is 46.7 Å². The number of hydrogen-bond acceptors (Lipinski definition) is 6. The average Bonchev–Trinajstić information content (AvgIpc) is 3.23. The highest BCUT2D eigenvalue weighted by Gasteiger charge is 2.24. The second kappa shape index (κ2) is 9.31. The van der Waals surface area contributed by atoms with E-state index < -0.39 is 11.6 Å². The van der Waals surface area contributed by atoms with Gasteiger partial charge < -0.3 is 19.9 Å². The molecule has 9 heteroatoms. The fourth-order valence-corrected chi connectivity index (χ4v) is 4.60. The number of nitrogens with zero attached hydrogens (tertiary/aromatic N) is 4. The molecule has 0 unspecified atom stereocenters. The van der Waals surface area contributed by atoms with Gasteiger partial charge >= 0.3 is 0 Å². The molecule has 6 nitrogen and oxygen atoms in total. The van der Waals surface area contributed by atoms with Crippen molar-refractivity contribution in [3.8, 4) is 11.6 Å². The van der Waals surface area contributed by atoms with Crippen LogP contribution in [0.5, 0.6) is 11.6 Å². The molecular weight excluding hydrogens is 504 g/mol. The van der Waals surface area contributed by atoms with Crippen molar-refractivity contribution in [3.63, 3.8) is 0 Å². The smallest absolute Gasteiger partial charge is 0.239 e. The average molecular weight is 528 g/mol. The molecule has 0 atom stereocenters. The highest BCUT2D eigenvalue weighted by molar-refractivity contribution is 9.10. The molecule has 176 valence electrons. The van der Waals surface area contributed by atoms with Gasteiger partial charge in [-0.2, -0.15) is 0 Å². The zero-order chi connectivity index (χ0) is 23.8. The van der Waals surface area contributed by atoms with E-state index in [0.29, 0.717) is 22.3 Å². The van der Waals surface area contributed by atoms with Gasteiger partial charge in [0, 0.05) is 54.7 Å². The third kappa shape index (κ3) is 4.50. The first kappa shape index (κ1) is 22.7. The summed E-state index contributed by atoms with van der Waals surface area (Å²) in [6.07, 6.45) is 3.36. The molecule has 1 N–H and O–H groups in total. The van der Waals surface area contributed by atoms with Gasteiger partial charge in [0.25, 0.3) is 0 Å². The molecular formula is C25H24BrF2N5O. The summed E-state index contributed by atoms with van der Waals surface area (Å²) in [4.78, 5) is 13.0. The number of anilines is 3. The van der Waals surface area contributed by atoms with Gasteiger partial charge in [-0.3, -0.25) is 0 Å². The molecule has 34 heavy (non-hydrogen) atoms. The molecule has 2 aliphatic rings. The molecule has 0 radical (unpaired) electrons. The Morgan fingerprint density at radius 3 is 2.53 bits per heavy atom. The Morgan fingerprint density at radius 2 is 1.79 bits per heavy atom. The van der Waals surface area contributed by atoms with E-state index in [2.05, 4.69) is 60.2 Å². The fraction of sp³-hybridized carbons (Fsp3) is 0.280. The van der Waals surface area contributed by atoms with E-state index in [0.717, 1.165) is 43.5 Å². The molecule has 1 saturated heterocycles. The van der Waals surface area contributed by atoms with Crippen LogP contribution in [-0.4, -0.2) is 48.1 Å². The molecule has 0 saturated carbocycles. The van der Waals surface area contributed by atoms with E-state index in [9.17, 15) is 8.78 Å². The summed E-state index contributed by atoms with van der Waals surface area (Å²) in [5.74, 6) is -0.779. The molecule has 0 amide bonds. The van der Waals surface area contributed by atoms with Crippen LogP contribution < -0.4 is 15.0 Å². The minimum absolute atomic E-state index is 0.0866. The predicted molar refractivity (Wildman–Crippen MR) is 133 cm³/mol. The molecule has 3 aromatic rings. The van der Waals surface area contributed by atoms with Crippen molar-refractivity contribution in [1.82, 2.24) is 14.9 Å². The van der Waals surface area contributed by atoms with Gasteiger partial charge in [0.15, 0.2) is 17.4 Å². The number of allylic oxidation sites excluding steroid dienone is 1. The summed E-state index contributed by atoms with van der Waals surface area (Å²) in [5, 5.41) is 3.23. The van der Waals surface area contributed by atoms with Crippen molar-refractivity contribution in [3.05, 3.63) is 69.5 Å². The number of halogens is 3. The highest BCUT2D eigenvalue weighted by Crippen LogP contribution is 2.39. The molecule has 0 bridgehead atoms. The Hall–Kier alpha value is -3.04. The van der Waals surface area contributed by atoms with E-state index in [1.54, 1.807) is 6.08 Å². The van der Waals surface area contributed by atoms with Crippen LogP contribution in [0.4, 0.5) is 26.0 Å². The molecule has 0 spiro atoms. The zero-order valence-electron chi connectivity index (χ0n) is 18.9. The summed E-state index contributed by atoms with van der Waals surface area (Å²) >= 11 is 3.44. The zero-order valence-corrected chi connectivity index (χ0v) is 20.5. The van der Waals surface area contributed by atoms with Crippen LogP contribution in [0.25, 0.3) is 6.08 Å². The SMILES string of the molecule is CC1=Cc2c(F)c(Oc3ncnc(Nc4ccc(N5CCN(C)CC5)cc4)c3Br)cc(F)c2C1. The largest absolute Gasteiger partial charge is 0.434 e. The van der Waals surface area contributed by atoms with E-state index in [4.69, 9.17) is 4.74 Å². The number of benzene rings is 2. The molecule has 2 heterocycles. The summed E-state index contributed by atoms with van der Waals surface area (Å²) in [6, 6.07) is 9.16. The standard InChI is InChI=1S/C25H24BrF2N5O/c1-15-11-18-19(12-15)23(28)21(13-20(18)27)34-25-22(26)24(29-14-30-25)31-16-3-5-17(6-4-16)33-9-7-32(2)8-10-33/h3-6,12-14H,7-11H2,1-2H3,(H,29,30,31). The molecule has 5 rings (SSSR count). The summed E-state index contributed by atoms with van der Waals surface area (Å²) in [7, 11) is 2.13. The second-order valence-electron chi connectivity index (χ2n) is 8.64. The lowest BCUT2D eigenvalue weighted by molar-refractivity contribution is 0.313. The Labute approximate surface area is 205 Å². The number of fused-ring (bicyclic) bond motifs is 1. The molecule has 1 aromatic heterocycles. The number of aromatic nitrogens is 2. The Morgan fingerprint density at radius 1 is 1.06 bits per heavy atom. The van der Waals surface area contributed by atoms with Crippen molar-refractivity contribution in [2.45, 2.75) is 13.3 Å². The van der Waals surface area contributed by atoms with Gasteiger partial charge in [0.2, 0.25) is 5.88 Å². The van der Waals surface area contributed by atoms with E-state index >= 15 is 0 Å². The predicted octanol–water partition coefficient (Wildman–Crippen LogP) is 5.76. The maximum Gasteiger partial charge on any atom is 0.239 e. The van der Waals surface area contributed by atoms with Crippen LogP contribution in [0.1, 0.15) is 18.1 Å². The molecule has 2 aromatic carbocycles. The molecule has 1 aliphatic heterocycles. The number of likely N-dealkylation sites (N-methyl/N-ethyl adjacent to an activating group) is 1. The molecule has 1 aliphatic carbocycles. The summed E-state index contributed by atoms with van der Waals surface area (Å²) in [6.45, 7) is 5.92. The van der Waals surface area contributed by atoms with E-state index in [-0.39, 0.29) is 17.2 Å².